The second-order valence-corrected chi connectivity index (χ2v) is 6.37. The molecular weight excluding hydrogens is 328 g/mol. The minimum Gasteiger partial charge on any atom is -0.373 e. The van der Waals surface area contributed by atoms with Crippen molar-refractivity contribution in [2.24, 2.45) is 0 Å². The van der Waals surface area contributed by atoms with Crippen LogP contribution >= 0.6 is 0 Å². The number of nitrogens with zero attached hydrogens (tertiary/aromatic N) is 3. The number of hydrogen-bond acceptors (Lipinski definition) is 5. The van der Waals surface area contributed by atoms with Crippen molar-refractivity contribution in [2.75, 3.05) is 23.0 Å². The lowest BCUT2D eigenvalue weighted by atomic mass is 10.1. The third-order valence-corrected chi connectivity index (χ3v) is 3.97. The van der Waals surface area contributed by atoms with E-state index in [1.54, 1.807) is 10.7 Å². The van der Waals surface area contributed by atoms with Gasteiger partial charge in [-0.25, -0.2) is 4.98 Å². The van der Waals surface area contributed by atoms with Gasteiger partial charge in [-0.15, -0.1) is 0 Å². The van der Waals surface area contributed by atoms with Gasteiger partial charge in [0, 0.05) is 25.2 Å². The minimum absolute atomic E-state index is 0.0390. The Kier molecular flexibility index (Phi) is 5.06. The highest BCUT2D eigenvalue weighted by molar-refractivity contribution is 5.94. The summed E-state index contributed by atoms with van der Waals surface area (Å²) in [6.07, 6.45) is 2.88. The minimum atomic E-state index is -0.0390. The second kappa shape index (κ2) is 7.43. The van der Waals surface area contributed by atoms with Gasteiger partial charge in [0.15, 0.2) is 5.65 Å². The molecule has 0 saturated heterocycles. The predicted octanol–water partition coefficient (Wildman–Crippen LogP) is 3.87. The van der Waals surface area contributed by atoms with E-state index >= 15 is 0 Å². The summed E-state index contributed by atoms with van der Waals surface area (Å²) in [5.74, 6) is 1.42. The van der Waals surface area contributed by atoms with Gasteiger partial charge in [0.25, 0.3) is 0 Å². The summed E-state index contributed by atoms with van der Waals surface area (Å²) in [5, 5.41) is 13.7. The standard InChI is InChI=1S/C19H24N6O/c1-5-6-18(26)23-15-11-21-25-17(20-4)10-16(24-19(15)25)22-14-8-12(2)7-13(3)9-14/h7-11,20H,5-6H2,1-4H3,(H,22,24)(H,23,26). The average molecular weight is 352 g/mol. The summed E-state index contributed by atoms with van der Waals surface area (Å²) in [7, 11) is 1.83. The van der Waals surface area contributed by atoms with Crippen molar-refractivity contribution in [3.63, 3.8) is 0 Å². The Morgan fingerprint density at radius 1 is 1.15 bits per heavy atom. The number of amides is 1. The fourth-order valence-electron chi connectivity index (χ4n) is 2.93. The van der Waals surface area contributed by atoms with Gasteiger partial charge < -0.3 is 16.0 Å². The van der Waals surface area contributed by atoms with E-state index in [9.17, 15) is 4.79 Å². The van der Waals surface area contributed by atoms with Crippen LogP contribution in [0.2, 0.25) is 0 Å². The van der Waals surface area contributed by atoms with E-state index in [0.29, 0.717) is 23.6 Å². The van der Waals surface area contributed by atoms with Crippen molar-refractivity contribution in [2.45, 2.75) is 33.6 Å². The van der Waals surface area contributed by atoms with E-state index in [4.69, 9.17) is 0 Å². The number of carbonyl (C=O) groups excluding carboxylic acids is 1. The predicted molar refractivity (Wildman–Crippen MR) is 105 cm³/mol. The molecule has 0 radical (unpaired) electrons. The number of aryl methyl sites for hydroxylation is 2. The van der Waals surface area contributed by atoms with Crippen molar-refractivity contribution in [3.05, 3.63) is 41.6 Å². The quantitative estimate of drug-likeness (QED) is 0.627. The summed E-state index contributed by atoms with van der Waals surface area (Å²) < 4.78 is 1.67. The second-order valence-electron chi connectivity index (χ2n) is 6.37. The van der Waals surface area contributed by atoms with E-state index in [-0.39, 0.29) is 5.91 Å². The van der Waals surface area contributed by atoms with Gasteiger partial charge in [-0.1, -0.05) is 13.0 Å². The molecule has 0 aliphatic heterocycles. The maximum atomic E-state index is 12.0. The number of benzene rings is 1. The van der Waals surface area contributed by atoms with E-state index in [0.717, 1.165) is 17.9 Å². The SMILES string of the molecule is CCCC(=O)Nc1cnn2c(NC)cc(Nc3cc(C)cc(C)c3)nc12. The van der Waals surface area contributed by atoms with Gasteiger partial charge >= 0.3 is 0 Å². The molecule has 2 heterocycles. The monoisotopic (exact) mass is 352 g/mol. The van der Waals surface area contributed by atoms with Gasteiger partial charge in [-0.3, -0.25) is 4.79 Å². The Balaban J connectivity index is 1.99. The molecular formula is C19H24N6O. The molecule has 0 aliphatic carbocycles. The van der Waals surface area contributed by atoms with Crippen molar-refractivity contribution in [1.29, 1.82) is 0 Å². The zero-order chi connectivity index (χ0) is 18.7. The lowest BCUT2D eigenvalue weighted by molar-refractivity contribution is -0.116. The number of anilines is 4. The zero-order valence-corrected chi connectivity index (χ0v) is 15.6. The molecule has 1 aromatic carbocycles. The van der Waals surface area contributed by atoms with Crippen molar-refractivity contribution >= 4 is 34.6 Å². The number of hydrogen-bond donors (Lipinski definition) is 3. The largest absolute Gasteiger partial charge is 0.373 e. The van der Waals surface area contributed by atoms with Crippen LogP contribution in [0.3, 0.4) is 0 Å². The van der Waals surface area contributed by atoms with Crippen LogP contribution in [0.25, 0.3) is 5.65 Å². The first-order valence-electron chi connectivity index (χ1n) is 8.72. The van der Waals surface area contributed by atoms with E-state index < -0.39 is 0 Å². The molecule has 0 spiro atoms. The zero-order valence-electron chi connectivity index (χ0n) is 15.6. The van der Waals surface area contributed by atoms with Crippen LogP contribution in [0.1, 0.15) is 30.9 Å². The van der Waals surface area contributed by atoms with Gasteiger partial charge in [0.05, 0.1) is 6.20 Å². The average Bonchev–Trinajstić information content (AvgIpc) is 2.96. The summed E-state index contributed by atoms with van der Waals surface area (Å²) in [6, 6.07) is 8.14. The summed E-state index contributed by atoms with van der Waals surface area (Å²) >= 11 is 0. The molecule has 26 heavy (non-hydrogen) atoms. The van der Waals surface area contributed by atoms with Crippen LogP contribution in [0, 0.1) is 13.8 Å². The van der Waals surface area contributed by atoms with Crippen molar-refractivity contribution < 1.29 is 4.79 Å². The van der Waals surface area contributed by atoms with E-state index in [1.165, 1.54) is 11.1 Å². The van der Waals surface area contributed by atoms with Gasteiger partial charge in [-0.05, 0) is 43.5 Å². The van der Waals surface area contributed by atoms with Crippen LogP contribution in [0.5, 0.6) is 0 Å². The highest BCUT2D eigenvalue weighted by Gasteiger charge is 2.13. The van der Waals surface area contributed by atoms with Gasteiger partial charge in [0.2, 0.25) is 5.91 Å². The van der Waals surface area contributed by atoms with Gasteiger partial charge in [0.1, 0.15) is 17.3 Å². The summed E-state index contributed by atoms with van der Waals surface area (Å²) in [4.78, 5) is 16.6. The van der Waals surface area contributed by atoms with Crippen LogP contribution in [-0.4, -0.2) is 27.6 Å². The Labute approximate surface area is 152 Å². The molecule has 0 atom stereocenters. The fourth-order valence-corrected chi connectivity index (χ4v) is 2.93. The molecule has 7 heteroatoms. The number of aromatic nitrogens is 3. The fraction of sp³-hybridized carbons (Fsp3) is 0.316. The van der Waals surface area contributed by atoms with E-state index in [1.807, 2.05) is 20.0 Å². The molecule has 0 fully saturated rings. The molecule has 0 unspecified atom stereocenters. The lowest BCUT2D eigenvalue weighted by Gasteiger charge is -2.11. The molecule has 3 N–H and O–H groups in total. The van der Waals surface area contributed by atoms with Crippen molar-refractivity contribution in [3.8, 4) is 0 Å². The molecule has 1 amide bonds. The lowest BCUT2D eigenvalue weighted by Crippen LogP contribution is -2.11. The first kappa shape index (κ1) is 17.7. The third kappa shape index (κ3) is 3.77. The molecule has 136 valence electrons. The molecule has 3 rings (SSSR count). The first-order valence-corrected chi connectivity index (χ1v) is 8.72. The number of carbonyl (C=O) groups is 1. The number of fused-ring (bicyclic) bond motifs is 1. The van der Waals surface area contributed by atoms with Crippen LogP contribution in [-0.2, 0) is 4.79 Å². The highest BCUT2D eigenvalue weighted by Crippen LogP contribution is 2.25. The molecule has 3 aromatic rings. The third-order valence-electron chi connectivity index (χ3n) is 3.97. The normalized spacial score (nSPS) is 10.8. The van der Waals surface area contributed by atoms with Crippen molar-refractivity contribution in [1.82, 2.24) is 14.6 Å². The smallest absolute Gasteiger partial charge is 0.224 e. The molecule has 0 aliphatic rings. The van der Waals surface area contributed by atoms with Gasteiger partial charge in [-0.2, -0.15) is 9.61 Å². The molecule has 0 saturated carbocycles. The number of nitrogens with one attached hydrogen (secondary N) is 3. The van der Waals surface area contributed by atoms with E-state index in [2.05, 4.69) is 58.1 Å². The Morgan fingerprint density at radius 3 is 2.54 bits per heavy atom. The molecule has 2 aromatic heterocycles. The number of rotatable bonds is 6. The topological polar surface area (TPSA) is 83.4 Å². The first-order chi connectivity index (χ1) is 12.5. The van der Waals surface area contributed by atoms with Crippen LogP contribution in [0.15, 0.2) is 30.5 Å². The van der Waals surface area contributed by atoms with Crippen LogP contribution in [0.4, 0.5) is 23.0 Å². The Hall–Kier alpha value is -3.09. The summed E-state index contributed by atoms with van der Waals surface area (Å²) in [5.41, 5.74) is 4.52. The highest BCUT2D eigenvalue weighted by atomic mass is 16.1. The summed E-state index contributed by atoms with van der Waals surface area (Å²) in [6.45, 7) is 6.09. The molecule has 0 bridgehead atoms. The maximum absolute atomic E-state index is 12.0. The van der Waals surface area contributed by atoms with Crippen LogP contribution < -0.4 is 16.0 Å². The molecule has 7 nitrogen and oxygen atoms in total. The maximum Gasteiger partial charge on any atom is 0.224 e. The Morgan fingerprint density at radius 2 is 1.88 bits per heavy atom. The Bertz CT molecular complexity index is 926.